The molecular formula is C18H30N2O4. The van der Waals surface area contributed by atoms with Crippen LogP contribution in [-0.4, -0.2) is 24.0 Å². The molecule has 0 amide bonds. The lowest BCUT2D eigenvalue weighted by atomic mass is 9.96. The molecule has 0 aromatic rings. The molecular weight excluding hydrogens is 308 g/mol. The summed E-state index contributed by atoms with van der Waals surface area (Å²) >= 11 is 0. The van der Waals surface area contributed by atoms with Crippen molar-refractivity contribution in [3.8, 4) is 0 Å². The summed E-state index contributed by atoms with van der Waals surface area (Å²) in [6.45, 7) is 3.77. The van der Waals surface area contributed by atoms with Crippen molar-refractivity contribution in [1.29, 1.82) is 0 Å². The molecule has 2 aliphatic carbocycles. The summed E-state index contributed by atoms with van der Waals surface area (Å²) in [5.74, 6) is -0.808. The summed E-state index contributed by atoms with van der Waals surface area (Å²) in [6, 6.07) is 0.501. The first kappa shape index (κ1) is 18.9. The Hall–Kier alpha value is -1.40. The van der Waals surface area contributed by atoms with Gasteiger partial charge in [0.25, 0.3) is 0 Å². The monoisotopic (exact) mass is 338 g/mol. The SMILES string of the molecule is C=C(CC(=O)ONC1CCCCC1)CC(=O)ONC1CCCCC1. The molecule has 0 aromatic carbocycles. The Morgan fingerprint density at radius 3 is 1.50 bits per heavy atom. The first-order chi connectivity index (χ1) is 11.6. The molecule has 6 heteroatoms. The van der Waals surface area contributed by atoms with Crippen molar-refractivity contribution < 1.29 is 19.3 Å². The van der Waals surface area contributed by atoms with Crippen molar-refractivity contribution in [1.82, 2.24) is 11.0 Å². The number of hydroxylamine groups is 2. The van der Waals surface area contributed by atoms with E-state index >= 15 is 0 Å². The van der Waals surface area contributed by atoms with Gasteiger partial charge in [0.15, 0.2) is 0 Å². The Balaban J connectivity index is 1.55. The zero-order chi connectivity index (χ0) is 17.2. The third kappa shape index (κ3) is 7.45. The van der Waals surface area contributed by atoms with Crippen LogP contribution in [0.4, 0.5) is 0 Å². The summed E-state index contributed by atoms with van der Waals surface area (Å²) < 4.78 is 0. The summed E-state index contributed by atoms with van der Waals surface area (Å²) in [5.41, 5.74) is 6.16. The Kier molecular flexibility index (Phi) is 8.25. The molecule has 0 aromatic heterocycles. The van der Waals surface area contributed by atoms with Crippen molar-refractivity contribution in [2.24, 2.45) is 0 Å². The van der Waals surface area contributed by atoms with E-state index in [1.807, 2.05) is 0 Å². The summed E-state index contributed by atoms with van der Waals surface area (Å²) in [4.78, 5) is 33.7. The van der Waals surface area contributed by atoms with Gasteiger partial charge in [0.05, 0.1) is 12.8 Å². The minimum absolute atomic E-state index is 0.0260. The number of carbonyl (C=O) groups is 2. The number of rotatable bonds is 8. The van der Waals surface area contributed by atoms with Crippen molar-refractivity contribution in [2.75, 3.05) is 0 Å². The average Bonchev–Trinajstić information content (AvgIpc) is 2.60. The highest BCUT2D eigenvalue weighted by molar-refractivity contribution is 5.77. The molecule has 0 spiro atoms. The van der Waals surface area contributed by atoms with Crippen LogP contribution < -0.4 is 11.0 Å². The topological polar surface area (TPSA) is 76.7 Å². The normalized spacial score (nSPS) is 19.7. The van der Waals surface area contributed by atoms with E-state index in [1.165, 1.54) is 38.5 Å². The van der Waals surface area contributed by atoms with Crippen molar-refractivity contribution in [2.45, 2.75) is 89.1 Å². The summed E-state index contributed by atoms with van der Waals surface area (Å²) in [5, 5.41) is 0. The zero-order valence-corrected chi connectivity index (χ0v) is 14.5. The van der Waals surface area contributed by atoms with E-state index in [4.69, 9.17) is 9.68 Å². The van der Waals surface area contributed by atoms with Crippen LogP contribution in [0, 0.1) is 0 Å². The molecule has 2 saturated carbocycles. The number of carbonyl (C=O) groups excluding carboxylic acids is 2. The number of hydrogen-bond acceptors (Lipinski definition) is 6. The van der Waals surface area contributed by atoms with Gasteiger partial charge in [-0.2, -0.15) is 11.0 Å². The third-order valence-corrected chi connectivity index (χ3v) is 4.68. The maximum absolute atomic E-state index is 11.8. The average molecular weight is 338 g/mol. The second-order valence-corrected chi connectivity index (χ2v) is 6.96. The van der Waals surface area contributed by atoms with E-state index in [0.717, 1.165) is 25.7 Å². The highest BCUT2D eigenvalue weighted by atomic mass is 16.7. The Labute approximate surface area is 144 Å². The molecule has 0 heterocycles. The van der Waals surface area contributed by atoms with E-state index in [2.05, 4.69) is 17.5 Å². The molecule has 0 radical (unpaired) electrons. The second kappa shape index (κ2) is 10.5. The molecule has 0 bridgehead atoms. The molecule has 2 aliphatic rings. The van der Waals surface area contributed by atoms with Crippen molar-refractivity contribution in [3.05, 3.63) is 12.2 Å². The lowest BCUT2D eigenvalue weighted by Gasteiger charge is -2.22. The minimum Gasteiger partial charge on any atom is -0.370 e. The quantitative estimate of drug-likeness (QED) is 0.523. The van der Waals surface area contributed by atoms with Gasteiger partial charge in [0.1, 0.15) is 0 Å². The highest BCUT2D eigenvalue weighted by Gasteiger charge is 2.18. The molecule has 2 N–H and O–H groups in total. The van der Waals surface area contributed by atoms with Gasteiger partial charge >= 0.3 is 11.9 Å². The van der Waals surface area contributed by atoms with Gasteiger partial charge in [-0.15, -0.1) is 0 Å². The lowest BCUT2D eigenvalue weighted by molar-refractivity contribution is -0.153. The molecule has 136 valence electrons. The Morgan fingerprint density at radius 2 is 1.12 bits per heavy atom. The van der Waals surface area contributed by atoms with E-state index < -0.39 is 11.9 Å². The number of hydrogen-bond donors (Lipinski definition) is 2. The van der Waals surface area contributed by atoms with Crippen LogP contribution >= 0.6 is 0 Å². The maximum atomic E-state index is 11.8. The van der Waals surface area contributed by atoms with Crippen LogP contribution in [0.1, 0.15) is 77.0 Å². The van der Waals surface area contributed by atoms with E-state index in [-0.39, 0.29) is 24.9 Å². The fourth-order valence-electron chi connectivity index (χ4n) is 3.28. The smallest absolute Gasteiger partial charge is 0.328 e. The Morgan fingerprint density at radius 1 is 0.750 bits per heavy atom. The van der Waals surface area contributed by atoms with Gasteiger partial charge < -0.3 is 9.68 Å². The molecule has 0 aliphatic heterocycles. The zero-order valence-electron chi connectivity index (χ0n) is 14.5. The van der Waals surface area contributed by atoms with Crippen LogP contribution in [0.3, 0.4) is 0 Å². The molecule has 6 nitrogen and oxygen atoms in total. The molecule has 2 rings (SSSR count). The molecule has 24 heavy (non-hydrogen) atoms. The van der Waals surface area contributed by atoms with Crippen LogP contribution in [0.15, 0.2) is 12.2 Å². The molecule has 2 fully saturated rings. The first-order valence-corrected chi connectivity index (χ1v) is 9.20. The van der Waals surface area contributed by atoms with Crippen LogP contribution in [-0.2, 0) is 19.3 Å². The summed E-state index contributed by atoms with van der Waals surface area (Å²) in [7, 11) is 0. The first-order valence-electron chi connectivity index (χ1n) is 9.20. The van der Waals surface area contributed by atoms with Crippen LogP contribution in [0.25, 0.3) is 0 Å². The largest absolute Gasteiger partial charge is 0.370 e. The second-order valence-electron chi connectivity index (χ2n) is 6.96. The maximum Gasteiger partial charge on any atom is 0.328 e. The molecule has 0 atom stereocenters. The standard InChI is InChI=1S/C18H30N2O4/c1-14(12-17(21)23-19-15-8-4-2-5-9-15)13-18(22)24-20-16-10-6-3-7-11-16/h15-16,19-20H,1-13H2. The van der Waals surface area contributed by atoms with Gasteiger partial charge in [-0.3, -0.25) is 9.59 Å². The highest BCUT2D eigenvalue weighted by Crippen LogP contribution is 2.18. The fraction of sp³-hybridized carbons (Fsp3) is 0.778. The van der Waals surface area contributed by atoms with E-state index in [9.17, 15) is 9.59 Å². The van der Waals surface area contributed by atoms with Gasteiger partial charge in [-0.1, -0.05) is 50.7 Å². The van der Waals surface area contributed by atoms with E-state index in [0.29, 0.717) is 5.57 Å². The van der Waals surface area contributed by atoms with Crippen molar-refractivity contribution in [3.63, 3.8) is 0 Å². The molecule has 0 saturated heterocycles. The predicted molar refractivity (Wildman–Crippen MR) is 90.6 cm³/mol. The Bertz CT molecular complexity index is 389. The minimum atomic E-state index is -0.404. The third-order valence-electron chi connectivity index (χ3n) is 4.68. The van der Waals surface area contributed by atoms with Gasteiger partial charge in [0.2, 0.25) is 0 Å². The van der Waals surface area contributed by atoms with Crippen molar-refractivity contribution >= 4 is 11.9 Å². The molecule has 0 unspecified atom stereocenters. The van der Waals surface area contributed by atoms with Gasteiger partial charge in [0, 0.05) is 12.1 Å². The van der Waals surface area contributed by atoms with E-state index in [1.54, 1.807) is 0 Å². The lowest BCUT2D eigenvalue weighted by Crippen LogP contribution is -2.34. The number of nitrogens with one attached hydrogen (secondary N) is 2. The van der Waals surface area contributed by atoms with Gasteiger partial charge in [-0.25, -0.2) is 0 Å². The fourth-order valence-corrected chi connectivity index (χ4v) is 3.28. The van der Waals surface area contributed by atoms with Crippen LogP contribution in [0.5, 0.6) is 0 Å². The van der Waals surface area contributed by atoms with Gasteiger partial charge in [-0.05, 0) is 25.7 Å². The predicted octanol–water partition coefficient (Wildman–Crippen LogP) is 3.08. The van der Waals surface area contributed by atoms with Crippen LogP contribution in [0.2, 0.25) is 0 Å². The summed E-state index contributed by atoms with van der Waals surface area (Å²) in [6.07, 6.45) is 11.4.